The zero-order chi connectivity index (χ0) is 10.4. The van der Waals surface area contributed by atoms with Gasteiger partial charge in [-0.3, -0.25) is 13.9 Å². The Balaban J connectivity index is 0. The molecule has 12 heavy (non-hydrogen) atoms. The van der Waals surface area contributed by atoms with Crippen LogP contribution in [0, 0.1) is 0 Å². The average Bonchev–Trinajstić information content (AvgIpc) is 1.52. The number of carboxylic acids is 1. The number of alkyl halides is 1. The molecule has 0 saturated heterocycles. The third kappa shape index (κ3) is 54.9. The number of rotatable bonds is 2. The van der Waals surface area contributed by atoms with Gasteiger partial charge in [0.25, 0.3) is 0 Å². The number of halogens is 1. The monoisotopic (exact) mass is 221 g/mol. The van der Waals surface area contributed by atoms with Crippen LogP contribution in [0.1, 0.15) is 6.42 Å². The van der Waals surface area contributed by atoms with Crippen molar-refractivity contribution in [2.75, 3.05) is 0 Å². The summed E-state index contributed by atoms with van der Waals surface area (Å²) >= 11 is 5.07. The van der Waals surface area contributed by atoms with Gasteiger partial charge in [0.15, 0.2) is 0 Å². The summed E-state index contributed by atoms with van der Waals surface area (Å²) in [5.41, 5.74) is 4.13. The highest BCUT2D eigenvalue weighted by atomic mass is 35.5. The Morgan fingerprint density at radius 1 is 1.50 bits per heavy atom. The van der Waals surface area contributed by atoms with E-state index in [1.807, 2.05) is 0 Å². The van der Waals surface area contributed by atoms with Crippen molar-refractivity contribution in [3.8, 4) is 0 Å². The summed E-state index contributed by atoms with van der Waals surface area (Å²) < 4.78 is 31.6. The van der Waals surface area contributed by atoms with Gasteiger partial charge in [0.1, 0.15) is 0 Å². The largest absolute Gasteiger partial charge is 0.481 e. The molecule has 0 amide bonds. The van der Waals surface area contributed by atoms with Crippen molar-refractivity contribution in [1.29, 1.82) is 0 Å². The number of hydrogen-bond acceptors (Lipinski definition) is 4. The molecule has 0 radical (unpaired) electrons. The SMILES string of the molecule is NC(Cl)CC(=O)O.O=S(=O)(O)O. The number of hydrogen-bond donors (Lipinski definition) is 4. The fourth-order valence-corrected chi connectivity index (χ4v) is 0.299. The van der Waals surface area contributed by atoms with E-state index in [2.05, 4.69) is 0 Å². The molecule has 0 fully saturated rings. The van der Waals surface area contributed by atoms with E-state index in [0.717, 1.165) is 0 Å². The van der Waals surface area contributed by atoms with Crippen molar-refractivity contribution in [1.82, 2.24) is 0 Å². The maximum Gasteiger partial charge on any atom is 0.394 e. The molecule has 0 aliphatic carbocycles. The van der Waals surface area contributed by atoms with Crippen molar-refractivity contribution in [2.24, 2.45) is 5.73 Å². The van der Waals surface area contributed by atoms with Crippen LogP contribution in [0.2, 0.25) is 0 Å². The molecular weight excluding hydrogens is 214 g/mol. The van der Waals surface area contributed by atoms with Crippen molar-refractivity contribution in [3.05, 3.63) is 0 Å². The fraction of sp³-hybridized carbons (Fsp3) is 0.667. The molecule has 0 aliphatic rings. The van der Waals surface area contributed by atoms with Crippen LogP contribution in [0.3, 0.4) is 0 Å². The van der Waals surface area contributed by atoms with Gasteiger partial charge >= 0.3 is 16.4 Å². The fourth-order valence-electron chi connectivity index (χ4n) is 0.167. The predicted octanol–water partition coefficient (Wildman–Crippen LogP) is -0.668. The maximum absolute atomic E-state index is 9.65. The van der Waals surface area contributed by atoms with Crippen molar-refractivity contribution >= 4 is 28.0 Å². The Morgan fingerprint density at radius 3 is 1.75 bits per heavy atom. The topological polar surface area (TPSA) is 138 Å². The lowest BCUT2D eigenvalue weighted by Gasteiger charge is -1.92. The van der Waals surface area contributed by atoms with E-state index < -0.39 is 21.9 Å². The van der Waals surface area contributed by atoms with E-state index >= 15 is 0 Å². The van der Waals surface area contributed by atoms with Gasteiger partial charge in [0.2, 0.25) is 0 Å². The molecule has 0 saturated carbocycles. The third-order valence-electron chi connectivity index (χ3n) is 0.370. The van der Waals surface area contributed by atoms with E-state index in [1.54, 1.807) is 0 Å². The summed E-state index contributed by atoms with van der Waals surface area (Å²) in [6.45, 7) is 0. The molecule has 0 aromatic rings. The molecular formula is C3H8ClNO6S. The molecule has 0 bridgehead atoms. The molecule has 0 spiro atoms. The van der Waals surface area contributed by atoms with Crippen molar-refractivity contribution in [2.45, 2.75) is 11.9 Å². The van der Waals surface area contributed by atoms with Gasteiger partial charge in [0, 0.05) is 0 Å². The van der Waals surface area contributed by atoms with E-state index in [4.69, 9.17) is 40.0 Å². The molecule has 1 atom stereocenters. The van der Waals surface area contributed by atoms with Crippen molar-refractivity contribution < 1.29 is 27.4 Å². The zero-order valence-electron chi connectivity index (χ0n) is 5.71. The summed E-state index contributed by atoms with van der Waals surface area (Å²) in [6.07, 6.45) is -0.179. The first-order valence-electron chi connectivity index (χ1n) is 2.44. The van der Waals surface area contributed by atoms with E-state index in [0.29, 0.717) is 0 Å². The Hall–Kier alpha value is -0.410. The Bertz CT molecular complexity index is 215. The zero-order valence-corrected chi connectivity index (χ0v) is 7.29. The van der Waals surface area contributed by atoms with Gasteiger partial charge < -0.3 is 10.8 Å². The average molecular weight is 222 g/mol. The van der Waals surface area contributed by atoms with Crippen LogP contribution in [0.15, 0.2) is 0 Å². The van der Waals surface area contributed by atoms with Gasteiger partial charge in [-0.1, -0.05) is 0 Å². The van der Waals surface area contributed by atoms with Crippen LogP contribution in [-0.2, 0) is 15.2 Å². The molecule has 0 aromatic heterocycles. The summed E-state index contributed by atoms with van der Waals surface area (Å²) in [6, 6.07) is 0. The first-order valence-corrected chi connectivity index (χ1v) is 4.27. The Morgan fingerprint density at radius 2 is 1.75 bits per heavy atom. The van der Waals surface area contributed by atoms with E-state index in [-0.39, 0.29) is 6.42 Å². The molecule has 74 valence electrons. The van der Waals surface area contributed by atoms with Crippen molar-refractivity contribution in [3.63, 3.8) is 0 Å². The summed E-state index contributed by atoms with van der Waals surface area (Å²) in [4.78, 5) is 9.65. The number of aliphatic carboxylic acids is 1. The highest BCUT2D eigenvalue weighted by Crippen LogP contribution is 1.90. The molecule has 5 N–H and O–H groups in total. The third-order valence-corrected chi connectivity index (χ3v) is 0.524. The normalized spacial score (nSPS) is 12.7. The molecule has 9 heteroatoms. The predicted molar refractivity (Wildman–Crippen MR) is 40.3 cm³/mol. The minimum atomic E-state index is -4.67. The van der Waals surface area contributed by atoms with Crippen LogP contribution in [0.5, 0.6) is 0 Å². The van der Waals surface area contributed by atoms with Crippen LogP contribution < -0.4 is 5.73 Å². The molecule has 7 nitrogen and oxygen atoms in total. The van der Waals surface area contributed by atoms with Crippen LogP contribution in [0.25, 0.3) is 0 Å². The molecule has 1 unspecified atom stereocenters. The second-order valence-electron chi connectivity index (χ2n) is 1.56. The molecule has 0 aromatic carbocycles. The van der Waals surface area contributed by atoms with Gasteiger partial charge in [-0.2, -0.15) is 8.42 Å². The molecule has 0 aliphatic heterocycles. The maximum atomic E-state index is 9.65. The van der Waals surface area contributed by atoms with Gasteiger partial charge in [-0.25, -0.2) is 0 Å². The van der Waals surface area contributed by atoms with E-state index in [1.165, 1.54) is 0 Å². The Kier molecular flexibility index (Phi) is 7.24. The first kappa shape index (κ1) is 14.1. The smallest absolute Gasteiger partial charge is 0.394 e. The van der Waals surface area contributed by atoms with Gasteiger partial charge in [-0.15, -0.1) is 11.6 Å². The second kappa shape index (κ2) is 6.14. The Labute approximate surface area is 73.7 Å². The molecule has 0 rings (SSSR count). The van der Waals surface area contributed by atoms with Crippen LogP contribution >= 0.6 is 11.6 Å². The minimum Gasteiger partial charge on any atom is -0.481 e. The summed E-state index contributed by atoms with van der Waals surface area (Å²) in [7, 11) is -4.67. The van der Waals surface area contributed by atoms with Crippen LogP contribution in [-0.4, -0.2) is 34.1 Å². The summed E-state index contributed by atoms with van der Waals surface area (Å²) in [5.74, 6) is -0.970. The number of carbonyl (C=O) groups is 1. The highest BCUT2D eigenvalue weighted by molar-refractivity contribution is 7.79. The number of nitrogens with two attached hydrogens (primary N) is 1. The molecule has 0 heterocycles. The lowest BCUT2D eigenvalue weighted by Crippen LogP contribution is -2.16. The standard InChI is InChI=1S/C3H6ClNO2.H2O4S/c4-2(5)1-3(6)7;1-5(2,3)4/h2H,1,5H2,(H,6,7);(H2,1,2,3,4). The van der Waals surface area contributed by atoms with Gasteiger partial charge in [0.05, 0.1) is 11.9 Å². The summed E-state index contributed by atoms with van der Waals surface area (Å²) in [5, 5.41) is 7.92. The minimum absolute atomic E-state index is 0.179. The first-order chi connectivity index (χ1) is 5.13. The van der Waals surface area contributed by atoms with Gasteiger partial charge in [-0.05, 0) is 0 Å². The highest BCUT2D eigenvalue weighted by Gasteiger charge is 2.01. The lowest BCUT2D eigenvalue weighted by molar-refractivity contribution is -0.136. The quantitative estimate of drug-likeness (QED) is 0.276. The second-order valence-corrected chi connectivity index (χ2v) is 3.02. The number of carboxylic acid groups (broad SMARTS) is 1. The van der Waals surface area contributed by atoms with Crippen LogP contribution in [0.4, 0.5) is 0 Å². The lowest BCUT2D eigenvalue weighted by atomic mass is 10.4. The van der Waals surface area contributed by atoms with E-state index in [9.17, 15) is 4.79 Å².